The van der Waals surface area contributed by atoms with Gasteiger partial charge in [-0.3, -0.25) is 4.79 Å². The molecule has 2 heteroatoms. The van der Waals surface area contributed by atoms with Gasteiger partial charge in [0.15, 0.2) is 0 Å². The summed E-state index contributed by atoms with van der Waals surface area (Å²) < 4.78 is 0. The lowest BCUT2D eigenvalue weighted by atomic mass is 9.89. The van der Waals surface area contributed by atoms with Crippen molar-refractivity contribution in [3.63, 3.8) is 0 Å². The zero-order valence-corrected chi connectivity index (χ0v) is 21.0. The van der Waals surface area contributed by atoms with Crippen LogP contribution in [0.1, 0.15) is 57.2 Å². The van der Waals surface area contributed by atoms with Crippen molar-refractivity contribution >= 4 is 33.8 Å². The molecule has 3 atom stereocenters. The number of fused-ring (bicyclic) bond motifs is 2. The van der Waals surface area contributed by atoms with Gasteiger partial charge in [0.1, 0.15) is 5.78 Å². The summed E-state index contributed by atoms with van der Waals surface area (Å²) >= 11 is 0. The predicted molar refractivity (Wildman–Crippen MR) is 149 cm³/mol. The van der Waals surface area contributed by atoms with Crippen molar-refractivity contribution in [3.8, 4) is 0 Å². The number of aryl methyl sites for hydroxylation is 2. The zero-order chi connectivity index (χ0) is 23.8. The van der Waals surface area contributed by atoms with Crippen molar-refractivity contribution in [3.05, 3.63) is 118 Å². The van der Waals surface area contributed by atoms with E-state index in [0.717, 1.165) is 30.6 Å². The molecule has 0 saturated carbocycles. The Labute approximate surface area is 206 Å². The molecule has 0 heterocycles. The lowest BCUT2D eigenvalue weighted by molar-refractivity contribution is -0.120. The van der Waals surface area contributed by atoms with Gasteiger partial charge in [-0.15, -0.1) is 0 Å². The maximum Gasteiger partial charge on any atom is 0.148 e. The minimum Gasteiger partial charge on any atom is -0.298 e. The largest absolute Gasteiger partial charge is 0.298 e. The summed E-state index contributed by atoms with van der Waals surface area (Å²) in [5, 5.41) is 0. The summed E-state index contributed by atoms with van der Waals surface area (Å²) in [7, 11) is -0.00530. The van der Waals surface area contributed by atoms with Crippen LogP contribution < -0.4 is 0 Å². The van der Waals surface area contributed by atoms with Gasteiger partial charge in [-0.2, -0.15) is 10.5 Å². The number of hydrogen-bond donors (Lipinski definition) is 0. The summed E-state index contributed by atoms with van der Waals surface area (Å²) in [5.41, 5.74) is 11.3. The number of ketones is 1. The van der Waals surface area contributed by atoms with Crippen LogP contribution in [0.15, 0.2) is 78.9 Å². The van der Waals surface area contributed by atoms with Gasteiger partial charge in [0.2, 0.25) is 0 Å². The first-order valence-corrected chi connectivity index (χ1v) is 14.0. The Morgan fingerprint density at radius 2 is 1.62 bits per heavy atom. The van der Waals surface area contributed by atoms with Crippen LogP contribution in [0.2, 0.25) is 0 Å². The summed E-state index contributed by atoms with van der Waals surface area (Å²) in [5.74, 6) is 5.37. The van der Waals surface area contributed by atoms with Gasteiger partial charge in [-0.25, -0.2) is 0 Å². The molecule has 0 aromatic heterocycles. The lowest BCUT2D eigenvalue weighted by Gasteiger charge is -2.14. The third-order valence-corrected chi connectivity index (χ3v) is 8.27. The van der Waals surface area contributed by atoms with E-state index in [9.17, 15) is 4.79 Å². The highest BCUT2D eigenvalue weighted by Gasteiger charge is 2.39. The van der Waals surface area contributed by atoms with Crippen LogP contribution in [-0.2, 0) is 17.6 Å². The van der Waals surface area contributed by atoms with Gasteiger partial charge in [0.05, 0.1) is 5.92 Å². The molecular formula is C32H32OS. The van der Waals surface area contributed by atoms with Crippen molar-refractivity contribution in [1.82, 2.24) is 0 Å². The van der Waals surface area contributed by atoms with E-state index in [1.54, 1.807) is 0 Å². The predicted octanol–water partition coefficient (Wildman–Crippen LogP) is 7.36. The first-order valence-electron chi connectivity index (χ1n) is 12.0. The van der Waals surface area contributed by atoms with Crippen LogP contribution in [0.3, 0.4) is 0 Å². The molecule has 1 nitrogen and oxygen atoms in total. The third kappa shape index (κ3) is 4.28. The van der Waals surface area contributed by atoms with E-state index in [1.807, 2.05) is 0 Å². The molecule has 2 aliphatic carbocycles. The molecule has 0 fully saturated rings. The Bertz CT molecular complexity index is 1330. The molecular weight excluding hydrogens is 432 g/mol. The van der Waals surface area contributed by atoms with Gasteiger partial charge in [-0.05, 0) is 82.5 Å². The smallest absolute Gasteiger partial charge is 0.148 e. The van der Waals surface area contributed by atoms with Crippen LogP contribution in [-0.4, -0.2) is 23.7 Å². The Balaban J connectivity index is 1.28. The fourth-order valence-corrected chi connectivity index (χ4v) is 6.52. The Kier molecular flexibility index (Phi) is 6.27. The molecule has 0 amide bonds. The molecule has 172 valence electrons. The molecule has 34 heavy (non-hydrogen) atoms. The van der Waals surface area contributed by atoms with Crippen molar-refractivity contribution in [2.75, 3.05) is 12.0 Å². The maximum atomic E-state index is 13.5. The standard InChI is InChI=1S/C32H32OS/c1-21-8-7-11-28-30(20-34(3)4)32(33)29(31(21)28)18-24-14-12-23(13-15-24)16-17-25-19-26-9-5-6-10-27(26)22(25)2/h5-15,19,29-30H,2-3,16-18,20H2,1,4H3. The number of Topliss-reactive ketones (excluding diaryl/α,β-unsaturated/α-hetero) is 1. The SMILES string of the molecule is C=C1C(CCc2ccc(CC3C(=O)C(CS(=C)C)c4cccc(C)c43)cc2)=Cc2ccccc21. The van der Waals surface area contributed by atoms with Gasteiger partial charge in [0, 0.05) is 11.7 Å². The first kappa shape index (κ1) is 22.8. The van der Waals surface area contributed by atoms with E-state index in [0.29, 0.717) is 5.78 Å². The minimum absolute atomic E-state index is 0.00177. The highest BCUT2D eigenvalue weighted by molar-refractivity contribution is 8.13. The molecule has 5 rings (SSSR count). The Morgan fingerprint density at radius 1 is 0.882 bits per heavy atom. The number of hydrogen-bond acceptors (Lipinski definition) is 1. The Hall–Kier alpha value is -2.97. The number of carbonyl (C=O) groups excluding carboxylic acids is 1. The van der Waals surface area contributed by atoms with Crippen LogP contribution in [0.25, 0.3) is 11.6 Å². The molecule has 0 bridgehead atoms. The van der Waals surface area contributed by atoms with E-state index >= 15 is 0 Å². The van der Waals surface area contributed by atoms with Gasteiger partial charge < -0.3 is 0 Å². The van der Waals surface area contributed by atoms with E-state index in [1.165, 1.54) is 44.5 Å². The van der Waals surface area contributed by atoms with Crippen molar-refractivity contribution in [1.29, 1.82) is 0 Å². The van der Waals surface area contributed by atoms with Crippen LogP contribution >= 0.6 is 10.5 Å². The highest BCUT2D eigenvalue weighted by Crippen LogP contribution is 2.44. The number of rotatable bonds is 7. The first-order chi connectivity index (χ1) is 16.4. The number of carbonyl (C=O) groups is 1. The van der Waals surface area contributed by atoms with Gasteiger partial charge in [-0.1, -0.05) is 85.3 Å². The monoisotopic (exact) mass is 464 g/mol. The summed E-state index contributed by atoms with van der Waals surface area (Å²) in [6, 6.07) is 23.8. The molecule has 0 N–H and O–H groups in total. The van der Waals surface area contributed by atoms with Crippen LogP contribution in [0.4, 0.5) is 0 Å². The normalized spacial score (nSPS) is 19.6. The quantitative estimate of drug-likeness (QED) is 0.334. The summed E-state index contributed by atoms with van der Waals surface area (Å²) in [6.07, 6.45) is 7.17. The van der Waals surface area contributed by atoms with Crippen molar-refractivity contribution in [2.45, 2.75) is 38.0 Å². The van der Waals surface area contributed by atoms with Crippen molar-refractivity contribution in [2.24, 2.45) is 0 Å². The fraction of sp³-hybridized carbons (Fsp3) is 0.250. The van der Waals surface area contributed by atoms with E-state index < -0.39 is 0 Å². The Morgan fingerprint density at radius 3 is 2.35 bits per heavy atom. The molecule has 0 radical (unpaired) electrons. The third-order valence-electron chi connectivity index (χ3n) is 7.37. The molecule has 0 saturated heterocycles. The average molecular weight is 465 g/mol. The molecule has 3 aromatic rings. The van der Waals surface area contributed by atoms with Crippen molar-refractivity contribution < 1.29 is 4.79 Å². The van der Waals surface area contributed by atoms with E-state index in [2.05, 4.69) is 98.4 Å². The minimum atomic E-state index is -0.0407. The van der Waals surface area contributed by atoms with Crippen LogP contribution in [0.5, 0.6) is 0 Å². The average Bonchev–Trinajstić information content (AvgIpc) is 3.28. The molecule has 0 spiro atoms. The second kappa shape index (κ2) is 9.35. The number of allylic oxidation sites excluding steroid dienone is 2. The maximum absolute atomic E-state index is 13.5. The summed E-state index contributed by atoms with van der Waals surface area (Å²) in [4.78, 5) is 13.5. The molecule has 0 aliphatic heterocycles. The highest BCUT2D eigenvalue weighted by atomic mass is 32.2. The zero-order valence-electron chi connectivity index (χ0n) is 20.1. The topological polar surface area (TPSA) is 17.1 Å². The van der Waals surface area contributed by atoms with E-state index in [-0.39, 0.29) is 22.3 Å². The molecule has 2 aliphatic rings. The van der Waals surface area contributed by atoms with E-state index in [4.69, 9.17) is 0 Å². The second-order valence-electron chi connectivity index (χ2n) is 9.79. The second-order valence-corrected chi connectivity index (χ2v) is 11.7. The van der Waals surface area contributed by atoms with Gasteiger partial charge in [0.25, 0.3) is 0 Å². The molecule has 3 aromatic carbocycles. The van der Waals surface area contributed by atoms with Crippen LogP contribution in [0, 0.1) is 6.92 Å². The fourth-order valence-electron chi connectivity index (χ4n) is 5.61. The van der Waals surface area contributed by atoms with Gasteiger partial charge >= 0.3 is 0 Å². The summed E-state index contributed by atoms with van der Waals surface area (Å²) in [6.45, 7) is 6.46. The lowest BCUT2D eigenvalue weighted by Crippen LogP contribution is -2.16. The molecule has 3 unspecified atom stereocenters. The number of benzene rings is 3.